The Labute approximate surface area is 175 Å². The molecule has 1 aromatic carbocycles. The minimum absolute atomic E-state index is 0.0249. The van der Waals surface area contributed by atoms with Crippen molar-refractivity contribution in [3.05, 3.63) is 59.0 Å². The number of carbonyl (C=O) groups excluding carboxylic acids is 1. The van der Waals surface area contributed by atoms with Crippen LogP contribution in [0.5, 0.6) is 11.5 Å². The summed E-state index contributed by atoms with van der Waals surface area (Å²) in [6, 6.07) is 9.42. The Morgan fingerprint density at radius 1 is 1.21 bits per heavy atom. The zero-order chi connectivity index (χ0) is 21.0. The van der Waals surface area contributed by atoms with Crippen LogP contribution in [0, 0.1) is 0 Å². The highest BCUT2D eigenvalue weighted by atomic mass is 35.5. The summed E-state index contributed by atoms with van der Waals surface area (Å²) in [5.74, 6) is 1.05. The second kappa shape index (κ2) is 9.18. The number of benzene rings is 1. The van der Waals surface area contributed by atoms with E-state index in [1.54, 1.807) is 26.5 Å². The molecule has 0 radical (unpaired) electrons. The highest BCUT2D eigenvalue weighted by Crippen LogP contribution is 2.34. The SMILES string of the molecule is CCC(C)NC(=O)CC(c1cc(OC)cc(OC)c1)c1cnc2ccc(Cl)cn12. The van der Waals surface area contributed by atoms with E-state index in [-0.39, 0.29) is 24.3 Å². The van der Waals surface area contributed by atoms with Gasteiger partial charge in [0.1, 0.15) is 17.1 Å². The van der Waals surface area contributed by atoms with Gasteiger partial charge >= 0.3 is 0 Å². The van der Waals surface area contributed by atoms with Crippen LogP contribution in [0.3, 0.4) is 0 Å². The summed E-state index contributed by atoms with van der Waals surface area (Å²) in [6.07, 6.45) is 4.74. The van der Waals surface area contributed by atoms with Crippen LogP contribution in [0.4, 0.5) is 0 Å². The first-order valence-electron chi connectivity index (χ1n) is 9.60. The molecule has 7 heteroatoms. The molecule has 2 aromatic heterocycles. The summed E-state index contributed by atoms with van der Waals surface area (Å²) >= 11 is 6.22. The van der Waals surface area contributed by atoms with Crippen LogP contribution in [0.25, 0.3) is 5.65 Å². The van der Waals surface area contributed by atoms with E-state index in [2.05, 4.69) is 10.3 Å². The van der Waals surface area contributed by atoms with Gasteiger partial charge in [0.15, 0.2) is 0 Å². The number of aromatic nitrogens is 2. The highest BCUT2D eigenvalue weighted by molar-refractivity contribution is 6.30. The second-order valence-corrected chi connectivity index (χ2v) is 7.47. The van der Waals surface area contributed by atoms with E-state index in [0.717, 1.165) is 23.3 Å². The number of methoxy groups -OCH3 is 2. The zero-order valence-corrected chi connectivity index (χ0v) is 17.9. The quantitative estimate of drug-likeness (QED) is 0.590. The topological polar surface area (TPSA) is 64.9 Å². The standard InChI is InChI=1S/C22H26ClN3O3/c1-5-14(2)25-22(27)11-19(15-8-17(28-3)10-18(9-15)29-4)20-12-24-21-7-6-16(23)13-26(20)21/h6-10,12-14,19H,5,11H2,1-4H3,(H,25,27). The maximum Gasteiger partial charge on any atom is 0.221 e. The van der Waals surface area contributed by atoms with Crippen molar-refractivity contribution in [3.63, 3.8) is 0 Å². The lowest BCUT2D eigenvalue weighted by molar-refractivity contribution is -0.121. The number of carbonyl (C=O) groups is 1. The fraction of sp³-hybridized carbons (Fsp3) is 0.364. The lowest BCUT2D eigenvalue weighted by atomic mass is 9.91. The van der Waals surface area contributed by atoms with Gasteiger partial charge in [0.25, 0.3) is 0 Å². The van der Waals surface area contributed by atoms with Crippen LogP contribution in [0.2, 0.25) is 5.02 Å². The summed E-state index contributed by atoms with van der Waals surface area (Å²) in [5, 5.41) is 3.65. The maximum atomic E-state index is 12.8. The van der Waals surface area contributed by atoms with Crippen molar-refractivity contribution in [1.29, 1.82) is 0 Å². The van der Waals surface area contributed by atoms with E-state index in [4.69, 9.17) is 21.1 Å². The number of amides is 1. The van der Waals surface area contributed by atoms with Gasteiger partial charge in [-0.25, -0.2) is 4.98 Å². The summed E-state index contributed by atoms with van der Waals surface area (Å²) in [7, 11) is 3.22. The van der Waals surface area contributed by atoms with E-state index < -0.39 is 0 Å². The van der Waals surface area contributed by atoms with Crippen LogP contribution >= 0.6 is 11.6 Å². The molecule has 0 bridgehead atoms. The first-order chi connectivity index (χ1) is 13.9. The van der Waals surface area contributed by atoms with Crippen molar-refractivity contribution >= 4 is 23.2 Å². The van der Waals surface area contributed by atoms with Crippen molar-refractivity contribution in [3.8, 4) is 11.5 Å². The van der Waals surface area contributed by atoms with Gasteiger partial charge in [0.2, 0.25) is 5.91 Å². The zero-order valence-electron chi connectivity index (χ0n) is 17.1. The number of ether oxygens (including phenoxy) is 2. The molecule has 0 fully saturated rings. The Morgan fingerprint density at radius 3 is 2.52 bits per heavy atom. The minimum Gasteiger partial charge on any atom is -0.497 e. The fourth-order valence-electron chi connectivity index (χ4n) is 3.28. The third-order valence-electron chi connectivity index (χ3n) is 5.04. The predicted molar refractivity (Wildman–Crippen MR) is 114 cm³/mol. The Hall–Kier alpha value is -2.73. The summed E-state index contributed by atoms with van der Waals surface area (Å²) in [6.45, 7) is 4.04. The number of hydrogen-bond acceptors (Lipinski definition) is 4. The van der Waals surface area contributed by atoms with Crippen LogP contribution in [0.15, 0.2) is 42.7 Å². The molecule has 1 amide bonds. The maximum absolute atomic E-state index is 12.8. The second-order valence-electron chi connectivity index (χ2n) is 7.04. The summed E-state index contributed by atoms with van der Waals surface area (Å²) in [4.78, 5) is 17.3. The molecule has 0 aliphatic carbocycles. The average Bonchev–Trinajstić information content (AvgIpc) is 3.14. The van der Waals surface area contributed by atoms with E-state index in [1.807, 2.05) is 48.7 Å². The third kappa shape index (κ3) is 4.82. The molecule has 0 saturated heterocycles. The van der Waals surface area contributed by atoms with Crippen molar-refractivity contribution in [2.45, 2.75) is 38.6 Å². The van der Waals surface area contributed by atoms with Crippen molar-refractivity contribution in [2.24, 2.45) is 0 Å². The van der Waals surface area contributed by atoms with Crippen LogP contribution in [0.1, 0.15) is 43.9 Å². The van der Waals surface area contributed by atoms with E-state index in [9.17, 15) is 4.79 Å². The molecule has 1 N–H and O–H groups in total. The number of nitrogens with zero attached hydrogens (tertiary/aromatic N) is 2. The van der Waals surface area contributed by atoms with Gasteiger partial charge in [-0.3, -0.25) is 4.79 Å². The first kappa shape index (κ1) is 21.0. The predicted octanol–water partition coefficient (Wildman–Crippen LogP) is 4.44. The number of rotatable bonds is 8. The average molecular weight is 416 g/mol. The molecule has 0 saturated carbocycles. The normalized spacial score (nSPS) is 13.1. The van der Waals surface area contributed by atoms with Crippen molar-refractivity contribution in [1.82, 2.24) is 14.7 Å². The Bertz CT molecular complexity index is 980. The number of hydrogen-bond donors (Lipinski definition) is 1. The van der Waals surface area contributed by atoms with E-state index >= 15 is 0 Å². The molecule has 0 aliphatic rings. The van der Waals surface area contributed by atoms with Gasteiger partial charge in [-0.05, 0) is 43.2 Å². The number of fused-ring (bicyclic) bond motifs is 1. The molecule has 3 aromatic rings. The lowest BCUT2D eigenvalue weighted by Crippen LogP contribution is -2.33. The van der Waals surface area contributed by atoms with Crippen molar-refractivity contribution < 1.29 is 14.3 Å². The van der Waals surface area contributed by atoms with Gasteiger partial charge in [-0.15, -0.1) is 0 Å². The van der Waals surface area contributed by atoms with Crippen molar-refractivity contribution in [2.75, 3.05) is 14.2 Å². The van der Waals surface area contributed by atoms with Crippen LogP contribution in [-0.4, -0.2) is 35.6 Å². The molecule has 29 heavy (non-hydrogen) atoms. The number of imidazole rings is 1. The molecular weight excluding hydrogens is 390 g/mol. The van der Waals surface area contributed by atoms with Crippen LogP contribution < -0.4 is 14.8 Å². The smallest absolute Gasteiger partial charge is 0.221 e. The number of pyridine rings is 1. The first-order valence-corrected chi connectivity index (χ1v) is 9.97. The molecule has 154 valence electrons. The molecule has 2 unspecified atom stereocenters. The molecule has 3 rings (SSSR count). The van der Waals surface area contributed by atoms with Gasteiger partial charge in [-0.1, -0.05) is 18.5 Å². The molecule has 0 spiro atoms. The van der Waals surface area contributed by atoms with E-state index in [0.29, 0.717) is 16.5 Å². The fourth-order valence-corrected chi connectivity index (χ4v) is 3.44. The van der Waals surface area contributed by atoms with Gasteiger partial charge in [-0.2, -0.15) is 0 Å². The monoisotopic (exact) mass is 415 g/mol. The summed E-state index contributed by atoms with van der Waals surface area (Å²) in [5.41, 5.74) is 2.55. The Morgan fingerprint density at radius 2 is 1.90 bits per heavy atom. The van der Waals surface area contributed by atoms with E-state index in [1.165, 1.54) is 0 Å². The van der Waals surface area contributed by atoms with Crippen LogP contribution in [-0.2, 0) is 4.79 Å². The lowest BCUT2D eigenvalue weighted by Gasteiger charge is -2.20. The Balaban J connectivity index is 2.09. The van der Waals surface area contributed by atoms with Gasteiger partial charge < -0.3 is 19.2 Å². The molecule has 0 aliphatic heterocycles. The summed E-state index contributed by atoms with van der Waals surface area (Å²) < 4.78 is 12.8. The molecule has 2 atom stereocenters. The minimum atomic E-state index is -0.253. The number of halogens is 1. The molecular formula is C22H26ClN3O3. The largest absolute Gasteiger partial charge is 0.497 e. The molecule has 6 nitrogen and oxygen atoms in total. The Kier molecular flexibility index (Phi) is 6.64. The number of nitrogens with one attached hydrogen (secondary N) is 1. The third-order valence-corrected chi connectivity index (χ3v) is 5.26. The van der Waals surface area contributed by atoms with Gasteiger partial charge in [0.05, 0.1) is 24.9 Å². The van der Waals surface area contributed by atoms with Gasteiger partial charge in [0, 0.05) is 36.8 Å². The molecule has 2 heterocycles. The highest BCUT2D eigenvalue weighted by Gasteiger charge is 2.24.